The van der Waals surface area contributed by atoms with Gasteiger partial charge in [0.1, 0.15) is 11.9 Å². The van der Waals surface area contributed by atoms with Gasteiger partial charge in [-0.25, -0.2) is 4.98 Å². The molecule has 0 aliphatic heterocycles. The van der Waals surface area contributed by atoms with Crippen molar-refractivity contribution in [3.63, 3.8) is 0 Å². The number of carbonyl (C=O) groups is 1. The number of aromatic nitrogens is 1. The molecular weight excluding hydrogens is 228 g/mol. The summed E-state index contributed by atoms with van der Waals surface area (Å²) in [6.45, 7) is 6.68. The number of rotatable bonds is 6. The Morgan fingerprint density at radius 1 is 1.39 bits per heavy atom. The van der Waals surface area contributed by atoms with Gasteiger partial charge in [-0.15, -0.1) is 0 Å². The average Bonchev–Trinajstić information content (AvgIpc) is 2.36. The Bertz CT molecular complexity index is 392. The molecular formula is C13H22N4O. The number of amides is 1. The first-order valence-electron chi connectivity index (χ1n) is 6.21. The fraction of sp³-hybridized carbons (Fsp3) is 0.538. The van der Waals surface area contributed by atoms with Gasteiger partial charge in [0, 0.05) is 31.5 Å². The molecule has 0 aromatic carbocycles. The number of carbonyl (C=O) groups excluding carboxylic acids is 1. The number of hydrogen-bond acceptors (Lipinski definition) is 4. The van der Waals surface area contributed by atoms with E-state index in [1.165, 1.54) is 0 Å². The van der Waals surface area contributed by atoms with E-state index in [9.17, 15) is 4.79 Å². The number of anilines is 2. The molecule has 18 heavy (non-hydrogen) atoms. The summed E-state index contributed by atoms with van der Waals surface area (Å²) in [5.74, 6) is 1.24. The highest BCUT2D eigenvalue weighted by Crippen LogP contribution is 2.12. The predicted octanol–water partition coefficient (Wildman–Crippen LogP) is 1.70. The van der Waals surface area contributed by atoms with Gasteiger partial charge in [-0.3, -0.25) is 4.79 Å². The summed E-state index contributed by atoms with van der Waals surface area (Å²) in [6, 6.07) is 3.44. The van der Waals surface area contributed by atoms with Gasteiger partial charge in [0.05, 0.1) is 0 Å². The van der Waals surface area contributed by atoms with Gasteiger partial charge in [-0.2, -0.15) is 0 Å². The van der Waals surface area contributed by atoms with Crippen molar-refractivity contribution >= 4 is 17.4 Å². The van der Waals surface area contributed by atoms with Crippen LogP contribution in [-0.4, -0.2) is 30.5 Å². The largest absolute Gasteiger partial charge is 0.374 e. The van der Waals surface area contributed by atoms with Crippen LogP contribution in [0.15, 0.2) is 18.3 Å². The molecule has 0 saturated carbocycles. The SMILES string of the molecule is CNc1cc(NC(C)C(=O)NCC(C)C)ccn1. The Balaban J connectivity index is 2.52. The molecule has 100 valence electrons. The molecule has 5 heteroatoms. The topological polar surface area (TPSA) is 66.0 Å². The van der Waals surface area contributed by atoms with Crippen molar-refractivity contribution in [2.45, 2.75) is 26.8 Å². The molecule has 0 aliphatic carbocycles. The second-order valence-corrected chi connectivity index (χ2v) is 4.68. The van der Waals surface area contributed by atoms with Crippen molar-refractivity contribution in [3.8, 4) is 0 Å². The summed E-state index contributed by atoms with van der Waals surface area (Å²) < 4.78 is 0. The minimum Gasteiger partial charge on any atom is -0.374 e. The van der Waals surface area contributed by atoms with Crippen LogP contribution in [0, 0.1) is 5.92 Å². The summed E-state index contributed by atoms with van der Waals surface area (Å²) in [6.07, 6.45) is 1.70. The van der Waals surface area contributed by atoms with Crippen molar-refractivity contribution in [3.05, 3.63) is 18.3 Å². The van der Waals surface area contributed by atoms with E-state index in [-0.39, 0.29) is 11.9 Å². The minimum atomic E-state index is -0.268. The van der Waals surface area contributed by atoms with Crippen LogP contribution in [0.3, 0.4) is 0 Å². The van der Waals surface area contributed by atoms with Gasteiger partial charge in [-0.05, 0) is 18.9 Å². The second-order valence-electron chi connectivity index (χ2n) is 4.68. The van der Waals surface area contributed by atoms with E-state index in [0.29, 0.717) is 12.5 Å². The maximum absolute atomic E-state index is 11.8. The fourth-order valence-corrected chi connectivity index (χ4v) is 1.43. The summed E-state index contributed by atoms with van der Waals surface area (Å²) in [5, 5.41) is 9.00. The lowest BCUT2D eigenvalue weighted by molar-refractivity contribution is -0.121. The van der Waals surface area contributed by atoms with Gasteiger partial charge in [0.2, 0.25) is 5.91 Å². The standard InChI is InChI=1S/C13H22N4O/c1-9(2)8-16-13(18)10(3)17-11-5-6-15-12(7-11)14-4/h5-7,9-10H,8H2,1-4H3,(H,16,18)(H2,14,15,17). The van der Waals surface area contributed by atoms with Crippen LogP contribution in [0.1, 0.15) is 20.8 Å². The third kappa shape index (κ3) is 4.61. The normalized spacial score (nSPS) is 12.1. The van der Waals surface area contributed by atoms with Crippen LogP contribution in [0.4, 0.5) is 11.5 Å². The lowest BCUT2D eigenvalue weighted by Crippen LogP contribution is -2.39. The molecule has 0 spiro atoms. The maximum Gasteiger partial charge on any atom is 0.242 e. The fourth-order valence-electron chi connectivity index (χ4n) is 1.43. The van der Waals surface area contributed by atoms with E-state index in [2.05, 4.69) is 34.8 Å². The van der Waals surface area contributed by atoms with Crippen LogP contribution >= 0.6 is 0 Å². The molecule has 5 nitrogen and oxygen atoms in total. The van der Waals surface area contributed by atoms with Crippen molar-refractivity contribution in [2.24, 2.45) is 5.92 Å². The van der Waals surface area contributed by atoms with Crippen LogP contribution in [0.25, 0.3) is 0 Å². The molecule has 1 unspecified atom stereocenters. The Morgan fingerprint density at radius 3 is 2.72 bits per heavy atom. The van der Waals surface area contributed by atoms with Crippen LogP contribution in [-0.2, 0) is 4.79 Å². The third-order valence-electron chi connectivity index (χ3n) is 2.48. The molecule has 1 rings (SSSR count). The summed E-state index contributed by atoms with van der Waals surface area (Å²) in [5.41, 5.74) is 0.876. The lowest BCUT2D eigenvalue weighted by atomic mass is 10.2. The number of hydrogen-bond donors (Lipinski definition) is 3. The number of nitrogens with one attached hydrogen (secondary N) is 3. The first-order valence-corrected chi connectivity index (χ1v) is 6.21. The Labute approximate surface area is 108 Å². The van der Waals surface area contributed by atoms with Crippen molar-refractivity contribution in [2.75, 3.05) is 24.2 Å². The zero-order valence-electron chi connectivity index (χ0n) is 11.4. The molecule has 1 atom stereocenters. The van der Waals surface area contributed by atoms with E-state index >= 15 is 0 Å². The van der Waals surface area contributed by atoms with Gasteiger partial charge in [0.25, 0.3) is 0 Å². The highest BCUT2D eigenvalue weighted by Gasteiger charge is 2.12. The minimum absolute atomic E-state index is 0.00604. The van der Waals surface area contributed by atoms with E-state index in [1.807, 2.05) is 26.1 Å². The average molecular weight is 250 g/mol. The highest BCUT2D eigenvalue weighted by molar-refractivity contribution is 5.84. The van der Waals surface area contributed by atoms with E-state index in [1.54, 1.807) is 6.20 Å². The van der Waals surface area contributed by atoms with Gasteiger partial charge < -0.3 is 16.0 Å². The number of nitrogens with zero attached hydrogens (tertiary/aromatic N) is 1. The Hall–Kier alpha value is -1.78. The zero-order valence-corrected chi connectivity index (χ0v) is 11.4. The van der Waals surface area contributed by atoms with Crippen LogP contribution in [0.5, 0.6) is 0 Å². The Morgan fingerprint density at radius 2 is 2.11 bits per heavy atom. The van der Waals surface area contributed by atoms with Crippen molar-refractivity contribution in [1.29, 1.82) is 0 Å². The quantitative estimate of drug-likeness (QED) is 0.719. The van der Waals surface area contributed by atoms with E-state index in [4.69, 9.17) is 0 Å². The van der Waals surface area contributed by atoms with Crippen molar-refractivity contribution in [1.82, 2.24) is 10.3 Å². The molecule has 0 saturated heterocycles. The maximum atomic E-state index is 11.8. The molecule has 0 radical (unpaired) electrons. The summed E-state index contributed by atoms with van der Waals surface area (Å²) in [4.78, 5) is 15.9. The first kappa shape index (κ1) is 14.3. The summed E-state index contributed by atoms with van der Waals surface area (Å²) in [7, 11) is 1.81. The summed E-state index contributed by atoms with van der Waals surface area (Å²) >= 11 is 0. The Kier molecular flexibility index (Phi) is 5.42. The molecule has 1 heterocycles. The molecule has 0 fully saturated rings. The predicted molar refractivity (Wildman–Crippen MR) is 74.7 cm³/mol. The third-order valence-corrected chi connectivity index (χ3v) is 2.48. The molecule has 0 bridgehead atoms. The monoisotopic (exact) mass is 250 g/mol. The molecule has 0 aliphatic rings. The van der Waals surface area contributed by atoms with Gasteiger partial charge in [-0.1, -0.05) is 13.8 Å². The van der Waals surface area contributed by atoms with E-state index < -0.39 is 0 Å². The first-order chi connectivity index (χ1) is 8.52. The van der Waals surface area contributed by atoms with Crippen LogP contribution in [0.2, 0.25) is 0 Å². The molecule has 1 amide bonds. The van der Waals surface area contributed by atoms with Gasteiger partial charge >= 0.3 is 0 Å². The van der Waals surface area contributed by atoms with Gasteiger partial charge in [0.15, 0.2) is 0 Å². The van der Waals surface area contributed by atoms with Crippen molar-refractivity contribution < 1.29 is 4.79 Å². The highest BCUT2D eigenvalue weighted by atomic mass is 16.2. The number of pyridine rings is 1. The molecule has 1 aromatic heterocycles. The second kappa shape index (κ2) is 6.83. The molecule has 1 aromatic rings. The smallest absolute Gasteiger partial charge is 0.242 e. The zero-order chi connectivity index (χ0) is 13.5. The molecule has 3 N–H and O–H groups in total. The van der Waals surface area contributed by atoms with E-state index in [0.717, 1.165) is 11.5 Å². The van der Waals surface area contributed by atoms with Crippen LogP contribution < -0.4 is 16.0 Å². The lowest BCUT2D eigenvalue weighted by Gasteiger charge is -2.16.